The summed E-state index contributed by atoms with van der Waals surface area (Å²) in [6.45, 7) is 4.20. The number of hydrogen-bond donors (Lipinski definition) is 3. The molecule has 0 aliphatic carbocycles. The number of nitrogens with one attached hydrogen (secondary N) is 3. The molecule has 2 aromatic carbocycles. The Kier molecular flexibility index (Phi) is 5.21. The van der Waals surface area contributed by atoms with Crippen LogP contribution in [0.25, 0.3) is 0 Å². The molecular formula is C17H21N3O. The Labute approximate surface area is 125 Å². The minimum absolute atomic E-state index is 0.283. The summed E-state index contributed by atoms with van der Waals surface area (Å²) in [5.41, 5.74) is 9.87. The lowest BCUT2D eigenvalue weighted by atomic mass is 10.0. The molecule has 0 saturated carbocycles. The smallest absolute Gasteiger partial charge is 0.307 e. The van der Waals surface area contributed by atoms with Gasteiger partial charge in [-0.2, -0.15) is 0 Å². The first kappa shape index (κ1) is 14.9. The third-order valence-corrected chi connectivity index (χ3v) is 3.33. The molecule has 2 rings (SSSR count). The van der Waals surface area contributed by atoms with Crippen molar-refractivity contribution in [2.24, 2.45) is 0 Å². The number of hydrogen-bond acceptors (Lipinski definition) is 2. The predicted octanol–water partition coefficient (Wildman–Crippen LogP) is 3.96. The van der Waals surface area contributed by atoms with Crippen molar-refractivity contribution in [2.75, 3.05) is 10.7 Å². The first-order valence-corrected chi connectivity index (χ1v) is 7.23. The van der Waals surface area contributed by atoms with E-state index >= 15 is 0 Å². The van der Waals surface area contributed by atoms with E-state index in [9.17, 15) is 4.79 Å². The second-order valence-corrected chi connectivity index (χ2v) is 4.73. The van der Waals surface area contributed by atoms with Crippen LogP contribution < -0.4 is 16.2 Å². The Morgan fingerprint density at radius 2 is 1.52 bits per heavy atom. The van der Waals surface area contributed by atoms with Crippen LogP contribution in [0.5, 0.6) is 0 Å². The number of benzene rings is 2. The van der Waals surface area contributed by atoms with Gasteiger partial charge in [0.1, 0.15) is 0 Å². The molecule has 0 aliphatic heterocycles. The van der Waals surface area contributed by atoms with Crippen LogP contribution >= 0.6 is 0 Å². The minimum atomic E-state index is -0.283. The fraction of sp³-hybridized carbons (Fsp3) is 0.235. The van der Waals surface area contributed by atoms with Crippen LogP contribution in [0.1, 0.15) is 25.0 Å². The molecule has 0 fully saturated rings. The van der Waals surface area contributed by atoms with Crippen molar-refractivity contribution in [1.82, 2.24) is 5.43 Å². The summed E-state index contributed by atoms with van der Waals surface area (Å²) in [6.07, 6.45) is 1.83. The molecule has 2 aromatic rings. The Morgan fingerprint density at radius 3 is 2.10 bits per heavy atom. The molecule has 0 bridgehead atoms. The molecule has 2 amide bonds. The highest BCUT2D eigenvalue weighted by Crippen LogP contribution is 2.21. The highest BCUT2D eigenvalue weighted by Gasteiger charge is 2.07. The summed E-state index contributed by atoms with van der Waals surface area (Å²) >= 11 is 0. The van der Waals surface area contributed by atoms with Crippen molar-refractivity contribution in [3.63, 3.8) is 0 Å². The van der Waals surface area contributed by atoms with E-state index in [1.807, 2.05) is 36.4 Å². The van der Waals surface area contributed by atoms with Gasteiger partial charge in [0.25, 0.3) is 0 Å². The number of aryl methyl sites for hydroxylation is 2. The molecule has 4 nitrogen and oxygen atoms in total. The summed E-state index contributed by atoms with van der Waals surface area (Å²) in [5.74, 6) is 0. The summed E-state index contributed by atoms with van der Waals surface area (Å²) in [7, 11) is 0. The van der Waals surface area contributed by atoms with Gasteiger partial charge in [-0.1, -0.05) is 50.2 Å². The van der Waals surface area contributed by atoms with Crippen molar-refractivity contribution in [3.05, 3.63) is 59.7 Å². The highest BCUT2D eigenvalue weighted by molar-refractivity contribution is 5.90. The summed E-state index contributed by atoms with van der Waals surface area (Å²) < 4.78 is 0. The molecular weight excluding hydrogens is 262 g/mol. The van der Waals surface area contributed by atoms with E-state index in [1.165, 1.54) is 11.1 Å². The SMILES string of the molecule is CCc1cccc(CC)c1NNC(=O)Nc1ccccc1. The zero-order chi connectivity index (χ0) is 15.1. The molecule has 0 aliphatic rings. The molecule has 21 heavy (non-hydrogen) atoms. The van der Waals surface area contributed by atoms with Gasteiger partial charge < -0.3 is 5.32 Å². The van der Waals surface area contributed by atoms with Crippen molar-refractivity contribution in [2.45, 2.75) is 26.7 Å². The average Bonchev–Trinajstić information content (AvgIpc) is 2.53. The van der Waals surface area contributed by atoms with E-state index < -0.39 is 0 Å². The van der Waals surface area contributed by atoms with Crippen LogP contribution in [0, 0.1) is 0 Å². The molecule has 110 valence electrons. The first-order valence-electron chi connectivity index (χ1n) is 7.23. The van der Waals surface area contributed by atoms with Gasteiger partial charge >= 0.3 is 6.03 Å². The Bertz CT molecular complexity index is 574. The van der Waals surface area contributed by atoms with Crippen molar-refractivity contribution in [1.29, 1.82) is 0 Å². The zero-order valence-electron chi connectivity index (χ0n) is 12.4. The maximum absolute atomic E-state index is 11.9. The normalized spacial score (nSPS) is 10.0. The number of urea groups is 1. The minimum Gasteiger partial charge on any atom is -0.307 e. The fourth-order valence-corrected chi connectivity index (χ4v) is 2.21. The number of hydrazine groups is 1. The number of rotatable bonds is 5. The maximum Gasteiger partial charge on any atom is 0.337 e. The average molecular weight is 283 g/mol. The van der Waals surface area contributed by atoms with E-state index in [4.69, 9.17) is 0 Å². The summed E-state index contributed by atoms with van der Waals surface area (Å²) in [4.78, 5) is 11.9. The summed E-state index contributed by atoms with van der Waals surface area (Å²) in [6, 6.07) is 15.3. The van der Waals surface area contributed by atoms with Crippen molar-refractivity contribution < 1.29 is 4.79 Å². The lowest BCUT2D eigenvalue weighted by molar-refractivity contribution is 0.254. The third kappa shape index (κ3) is 3.99. The number of carbonyl (C=O) groups excluding carboxylic acids is 1. The molecule has 0 saturated heterocycles. The van der Waals surface area contributed by atoms with E-state index in [-0.39, 0.29) is 6.03 Å². The fourth-order valence-electron chi connectivity index (χ4n) is 2.21. The lowest BCUT2D eigenvalue weighted by Crippen LogP contribution is -2.34. The van der Waals surface area contributed by atoms with Crippen LogP contribution in [0.2, 0.25) is 0 Å². The van der Waals surface area contributed by atoms with Gasteiger partial charge in [0.15, 0.2) is 0 Å². The molecule has 0 unspecified atom stereocenters. The van der Waals surface area contributed by atoms with Crippen LogP contribution in [0.3, 0.4) is 0 Å². The third-order valence-electron chi connectivity index (χ3n) is 3.33. The van der Waals surface area contributed by atoms with Gasteiger partial charge in [0.05, 0.1) is 5.69 Å². The van der Waals surface area contributed by atoms with E-state index in [2.05, 4.69) is 42.1 Å². The van der Waals surface area contributed by atoms with Crippen LogP contribution in [-0.2, 0) is 12.8 Å². The van der Waals surface area contributed by atoms with Crippen LogP contribution in [0.4, 0.5) is 16.2 Å². The highest BCUT2D eigenvalue weighted by atomic mass is 16.2. The quantitative estimate of drug-likeness (QED) is 0.727. The van der Waals surface area contributed by atoms with Crippen LogP contribution in [-0.4, -0.2) is 6.03 Å². The van der Waals surface area contributed by atoms with Crippen molar-refractivity contribution >= 4 is 17.4 Å². The van der Waals surface area contributed by atoms with E-state index in [0.29, 0.717) is 0 Å². The number of anilines is 2. The van der Waals surface area contributed by atoms with Gasteiger partial charge in [0, 0.05) is 5.69 Å². The van der Waals surface area contributed by atoms with Gasteiger partial charge in [-0.05, 0) is 36.1 Å². The molecule has 4 heteroatoms. The van der Waals surface area contributed by atoms with E-state index in [1.54, 1.807) is 0 Å². The number of para-hydroxylation sites is 2. The van der Waals surface area contributed by atoms with Gasteiger partial charge in [-0.15, -0.1) is 0 Å². The topological polar surface area (TPSA) is 53.2 Å². The number of carbonyl (C=O) groups is 1. The Morgan fingerprint density at radius 1 is 0.905 bits per heavy atom. The molecule has 0 atom stereocenters. The van der Waals surface area contributed by atoms with Gasteiger partial charge in [0.2, 0.25) is 0 Å². The maximum atomic E-state index is 11.9. The summed E-state index contributed by atoms with van der Waals surface area (Å²) in [5, 5.41) is 2.77. The first-order chi connectivity index (χ1) is 10.2. The lowest BCUT2D eigenvalue weighted by Gasteiger charge is -2.16. The van der Waals surface area contributed by atoms with Crippen LogP contribution in [0.15, 0.2) is 48.5 Å². The Hall–Kier alpha value is -2.49. The molecule has 0 aromatic heterocycles. The molecule has 0 spiro atoms. The largest absolute Gasteiger partial charge is 0.337 e. The van der Waals surface area contributed by atoms with Crippen molar-refractivity contribution in [3.8, 4) is 0 Å². The standard InChI is InChI=1S/C17H21N3O/c1-3-13-9-8-10-14(4-2)16(13)19-20-17(21)18-15-11-6-5-7-12-15/h5-12,19H,3-4H2,1-2H3,(H2,18,20,21). The molecule has 3 N–H and O–H groups in total. The van der Waals surface area contributed by atoms with Gasteiger partial charge in [-0.25, -0.2) is 4.79 Å². The molecule has 0 heterocycles. The monoisotopic (exact) mass is 283 g/mol. The number of amides is 2. The van der Waals surface area contributed by atoms with Gasteiger partial charge in [-0.3, -0.25) is 10.9 Å². The zero-order valence-corrected chi connectivity index (χ0v) is 12.4. The second-order valence-electron chi connectivity index (χ2n) is 4.73. The second kappa shape index (κ2) is 7.33. The molecule has 0 radical (unpaired) electrons. The predicted molar refractivity (Wildman–Crippen MR) is 87.4 cm³/mol. The van der Waals surface area contributed by atoms with E-state index in [0.717, 1.165) is 24.2 Å². The Balaban J connectivity index is 2.01.